The molecule has 0 unspecified atom stereocenters. The Kier molecular flexibility index (Phi) is 6.24. The summed E-state index contributed by atoms with van der Waals surface area (Å²) in [6.07, 6.45) is 1.53. The summed E-state index contributed by atoms with van der Waals surface area (Å²) < 4.78 is 13.4. The number of thioether (sulfide) groups is 1. The van der Waals surface area contributed by atoms with Gasteiger partial charge in [0.25, 0.3) is 5.91 Å². The number of nitrogens with zero attached hydrogens (tertiary/aromatic N) is 2. The Morgan fingerprint density at radius 3 is 2.73 bits per heavy atom. The Morgan fingerprint density at radius 2 is 2.00 bits per heavy atom. The van der Waals surface area contributed by atoms with Gasteiger partial charge in [-0.2, -0.15) is 0 Å². The minimum atomic E-state index is -0.370. The number of hydrogen-bond acceptors (Lipinski definition) is 4. The molecule has 1 N–H and O–H groups in total. The monoisotopic (exact) mass is 451 g/mol. The van der Waals surface area contributed by atoms with E-state index >= 15 is 0 Å². The molecule has 1 amide bonds. The highest BCUT2D eigenvalue weighted by Gasteiger charge is 2.15. The first-order valence-electron chi connectivity index (χ1n) is 7.48. The molecule has 4 nitrogen and oxygen atoms in total. The van der Waals surface area contributed by atoms with Gasteiger partial charge in [-0.15, -0.1) is 0 Å². The van der Waals surface area contributed by atoms with Crippen LogP contribution in [0.1, 0.15) is 16.1 Å². The van der Waals surface area contributed by atoms with Gasteiger partial charge < -0.3 is 5.32 Å². The third kappa shape index (κ3) is 5.03. The van der Waals surface area contributed by atoms with Gasteiger partial charge in [-0.3, -0.25) is 4.79 Å². The van der Waals surface area contributed by atoms with Crippen LogP contribution < -0.4 is 5.32 Å². The zero-order valence-electron chi connectivity index (χ0n) is 13.2. The lowest BCUT2D eigenvalue weighted by molar-refractivity contribution is 0.102. The molecular weight excluding hydrogens is 441 g/mol. The molecule has 132 valence electrons. The number of rotatable bonds is 5. The van der Waals surface area contributed by atoms with E-state index in [0.29, 0.717) is 26.1 Å². The molecule has 0 saturated heterocycles. The number of carbonyl (C=O) groups excluding carboxylic acids is 1. The van der Waals surface area contributed by atoms with E-state index in [4.69, 9.17) is 11.6 Å². The van der Waals surface area contributed by atoms with E-state index in [1.807, 2.05) is 0 Å². The van der Waals surface area contributed by atoms with Gasteiger partial charge in [0.1, 0.15) is 11.5 Å². The second kappa shape index (κ2) is 8.62. The quantitative estimate of drug-likeness (QED) is 0.406. The van der Waals surface area contributed by atoms with Crippen molar-refractivity contribution < 1.29 is 9.18 Å². The lowest BCUT2D eigenvalue weighted by atomic mass is 10.2. The molecule has 0 aliphatic carbocycles. The van der Waals surface area contributed by atoms with E-state index in [2.05, 4.69) is 31.2 Å². The lowest BCUT2D eigenvalue weighted by Gasteiger charge is -2.08. The average molecular weight is 453 g/mol. The van der Waals surface area contributed by atoms with Crippen LogP contribution in [0.3, 0.4) is 0 Å². The summed E-state index contributed by atoms with van der Waals surface area (Å²) in [6.45, 7) is 0. The molecule has 26 heavy (non-hydrogen) atoms. The first kappa shape index (κ1) is 18.8. The van der Waals surface area contributed by atoms with Crippen molar-refractivity contribution in [3.05, 3.63) is 81.3 Å². The fraction of sp³-hybridized carbons (Fsp3) is 0.0556. The summed E-state index contributed by atoms with van der Waals surface area (Å²) in [6, 6.07) is 13.1. The van der Waals surface area contributed by atoms with Gasteiger partial charge in [0.15, 0.2) is 5.16 Å². The molecule has 3 rings (SSSR count). The van der Waals surface area contributed by atoms with Crippen molar-refractivity contribution in [2.24, 2.45) is 0 Å². The van der Waals surface area contributed by atoms with Crippen LogP contribution in [-0.2, 0) is 5.75 Å². The zero-order valence-corrected chi connectivity index (χ0v) is 16.4. The molecule has 3 aromatic rings. The normalized spacial score (nSPS) is 10.6. The van der Waals surface area contributed by atoms with Gasteiger partial charge in [0.05, 0.1) is 4.47 Å². The summed E-state index contributed by atoms with van der Waals surface area (Å²) in [5.74, 6) is -0.0825. The van der Waals surface area contributed by atoms with Crippen molar-refractivity contribution >= 4 is 50.9 Å². The largest absolute Gasteiger partial charge is 0.321 e. The standard InChI is InChI=1S/C18H12BrClFN3OS/c19-15-9-22-18(26-10-11-4-6-13(21)7-5-11)24-16(15)17(25)23-14-3-1-2-12(20)8-14/h1-9H,10H2,(H,23,25). The molecule has 0 radical (unpaired) electrons. The second-order valence-corrected chi connectivity index (χ2v) is 7.46. The number of aromatic nitrogens is 2. The van der Waals surface area contributed by atoms with Crippen molar-refractivity contribution in [3.8, 4) is 0 Å². The van der Waals surface area contributed by atoms with E-state index in [0.717, 1.165) is 5.56 Å². The van der Waals surface area contributed by atoms with Crippen LogP contribution in [-0.4, -0.2) is 15.9 Å². The highest BCUT2D eigenvalue weighted by atomic mass is 79.9. The Labute approximate surface area is 167 Å². The molecule has 2 aromatic carbocycles. The third-order valence-corrected chi connectivity index (χ3v) is 5.05. The van der Waals surface area contributed by atoms with Crippen LogP contribution >= 0.6 is 39.3 Å². The lowest BCUT2D eigenvalue weighted by Crippen LogP contribution is -2.15. The van der Waals surface area contributed by atoms with Crippen LogP contribution in [0.4, 0.5) is 10.1 Å². The van der Waals surface area contributed by atoms with Crippen molar-refractivity contribution in [2.45, 2.75) is 10.9 Å². The van der Waals surface area contributed by atoms with Crippen LogP contribution in [0.15, 0.2) is 64.4 Å². The maximum absolute atomic E-state index is 13.0. The fourth-order valence-corrected chi connectivity index (χ4v) is 3.40. The highest BCUT2D eigenvalue weighted by Crippen LogP contribution is 2.23. The van der Waals surface area contributed by atoms with Gasteiger partial charge in [-0.1, -0.05) is 41.6 Å². The van der Waals surface area contributed by atoms with E-state index in [1.165, 1.54) is 30.1 Å². The molecule has 1 aromatic heterocycles. The molecule has 0 atom stereocenters. The number of benzene rings is 2. The fourth-order valence-electron chi connectivity index (χ4n) is 2.06. The van der Waals surface area contributed by atoms with Crippen molar-refractivity contribution in [1.29, 1.82) is 0 Å². The maximum Gasteiger partial charge on any atom is 0.275 e. The molecule has 1 heterocycles. The first-order valence-corrected chi connectivity index (χ1v) is 9.63. The number of amides is 1. The molecule has 0 saturated carbocycles. The molecule has 0 bridgehead atoms. The summed E-state index contributed by atoms with van der Waals surface area (Å²) >= 11 is 10.6. The molecule has 0 aliphatic rings. The number of carbonyl (C=O) groups is 1. The van der Waals surface area contributed by atoms with Gasteiger partial charge in [0, 0.05) is 22.7 Å². The zero-order chi connectivity index (χ0) is 18.5. The van der Waals surface area contributed by atoms with Crippen LogP contribution in [0.5, 0.6) is 0 Å². The van der Waals surface area contributed by atoms with Gasteiger partial charge in [-0.05, 0) is 51.8 Å². The van der Waals surface area contributed by atoms with E-state index in [1.54, 1.807) is 36.4 Å². The van der Waals surface area contributed by atoms with Crippen LogP contribution in [0, 0.1) is 5.82 Å². The first-order chi connectivity index (χ1) is 12.5. The SMILES string of the molecule is O=C(Nc1cccc(Cl)c1)c1nc(SCc2ccc(F)cc2)ncc1Br. The van der Waals surface area contributed by atoms with Gasteiger partial charge in [-0.25, -0.2) is 14.4 Å². The smallest absolute Gasteiger partial charge is 0.275 e. The highest BCUT2D eigenvalue weighted by molar-refractivity contribution is 9.10. The molecule has 0 spiro atoms. The summed E-state index contributed by atoms with van der Waals surface area (Å²) in [7, 11) is 0. The number of halogens is 3. The van der Waals surface area contributed by atoms with Crippen molar-refractivity contribution in [1.82, 2.24) is 9.97 Å². The molecule has 8 heteroatoms. The van der Waals surface area contributed by atoms with Crippen molar-refractivity contribution in [3.63, 3.8) is 0 Å². The predicted octanol–water partition coefficient (Wildman–Crippen LogP) is 5.58. The Balaban J connectivity index is 1.72. The summed E-state index contributed by atoms with van der Waals surface area (Å²) in [5.41, 5.74) is 1.74. The van der Waals surface area contributed by atoms with E-state index < -0.39 is 0 Å². The average Bonchev–Trinajstić information content (AvgIpc) is 2.62. The minimum absolute atomic E-state index is 0.224. The molecule has 0 fully saturated rings. The summed E-state index contributed by atoms with van der Waals surface area (Å²) in [5, 5.41) is 3.73. The Bertz CT molecular complexity index is 940. The van der Waals surface area contributed by atoms with E-state index in [-0.39, 0.29) is 17.4 Å². The van der Waals surface area contributed by atoms with Gasteiger partial charge >= 0.3 is 0 Å². The van der Waals surface area contributed by atoms with Crippen LogP contribution in [0.25, 0.3) is 0 Å². The number of hydrogen-bond donors (Lipinski definition) is 1. The topological polar surface area (TPSA) is 54.9 Å². The summed E-state index contributed by atoms with van der Waals surface area (Å²) in [4.78, 5) is 21.0. The third-order valence-electron chi connectivity index (χ3n) is 3.30. The number of anilines is 1. The molecule has 0 aliphatic heterocycles. The number of nitrogens with one attached hydrogen (secondary N) is 1. The minimum Gasteiger partial charge on any atom is -0.321 e. The van der Waals surface area contributed by atoms with E-state index in [9.17, 15) is 9.18 Å². The Hall–Kier alpha value is -1.96. The van der Waals surface area contributed by atoms with Gasteiger partial charge in [0.2, 0.25) is 0 Å². The second-order valence-electron chi connectivity index (χ2n) is 5.23. The van der Waals surface area contributed by atoms with Crippen molar-refractivity contribution in [2.75, 3.05) is 5.32 Å². The Morgan fingerprint density at radius 1 is 1.23 bits per heavy atom. The predicted molar refractivity (Wildman–Crippen MR) is 105 cm³/mol. The molecular formula is C18H12BrClFN3OS. The maximum atomic E-state index is 13.0. The van der Waals surface area contributed by atoms with Crippen LogP contribution in [0.2, 0.25) is 5.02 Å².